The van der Waals surface area contributed by atoms with Gasteiger partial charge in [0.2, 0.25) is 0 Å². The van der Waals surface area contributed by atoms with E-state index >= 15 is 0 Å². The number of aliphatic hydroxyl groups is 1. The fraction of sp³-hybridized carbons (Fsp3) is 0.444. The van der Waals surface area contributed by atoms with Gasteiger partial charge in [0.15, 0.2) is 5.78 Å². The number of Topliss-reactive ketones (excluding diaryl/α,β-unsaturated/α-hetero) is 1. The van der Waals surface area contributed by atoms with Gasteiger partial charge in [-0.25, -0.2) is 0 Å². The minimum atomic E-state index is -5.29. The highest BCUT2D eigenvalue weighted by molar-refractivity contribution is 6.30. The van der Waals surface area contributed by atoms with Gasteiger partial charge >= 0.3 is 17.9 Å². The van der Waals surface area contributed by atoms with Crippen LogP contribution in [0.1, 0.15) is 31.2 Å². The Kier molecular flexibility index (Phi) is 4.98. The first-order valence-corrected chi connectivity index (χ1v) is 8.64. The largest absolute Gasteiger partial charge is 0.466 e. The number of hydrogen-bond donors (Lipinski definition) is 1. The lowest BCUT2D eigenvalue weighted by atomic mass is 9.73. The Labute approximate surface area is 157 Å². The molecule has 0 aromatic heterocycles. The summed E-state index contributed by atoms with van der Waals surface area (Å²) in [5.74, 6) is -9.36. The lowest BCUT2D eigenvalue weighted by molar-refractivity contribution is -0.377. The number of carbonyl (C=O) groups is 2. The van der Waals surface area contributed by atoms with Crippen LogP contribution in [0.15, 0.2) is 35.6 Å². The third-order valence-corrected chi connectivity index (χ3v) is 4.95. The van der Waals surface area contributed by atoms with Crippen molar-refractivity contribution < 1.29 is 37.3 Å². The van der Waals surface area contributed by atoms with E-state index in [2.05, 4.69) is 0 Å². The van der Waals surface area contributed by atoms with Crippen LogP contribution in [0, 0.1) is 5.92 Å². The molecule has 3 unspecified atom stereocenters. The van der Waals surface area contributed by atoms with Crippen LogP contribution in [0.2, 0.25) is 5.02 Å². The molecular weight excluding hydrogens is 389 g/mol. The van der Waals surface area contributed by atoms with Crippen molar-refractivity contribution in [2.24, 2.45) is 5.92 Å². The molecule has 3 atom stereocenters. The van der Waals surface area contributed by atoms with Crippen molar-refractivity contribution in [2.45, 2.75) is 37.6 Å². The Bertz CT molecular complexity index is 802. The third kappa shape index (κ3) is 3.21. The van der Waals surface area contributed by atoms with Gasteiger partial charge in [0, 0.05) is 29.4 Å². The molecule has 9 heteroatoms. The second-order valence-electron chi connectivity index (χ2n) is 6.32. The maximum absolute atomic E-state index is 13.8. The van der Waals surface area contributed by atoms with Crippen LogP contribution in [-0.4, -0.2) is 35.4 Å². The van der Waals surface area contributed by atoms with Crippen molar-refractivity contribution in [1.29, 1.82) is 0 Å². The first-order chi connectivity index (χ1) is 12.6. The van der Waals surface area contributed by atoms with Gasteiger partial charge in [-0.3, -0.25) is 9.59 Å². The zero-order chi connectivity index (χ0) is 20.0. The van der Waals surface area contributed by atoms with Crippen LogP contribution in [0.3, 0.4) is 0 Å². The summed E-state index contributed by atoms with van der Waals surface area (Å²) in [7, 11) is 0. The Morgan fingerprint density at radius 2 is 1.96 bits per heavy atom. The molecule has 0 radical (unpaired) electrons. The van der Waals surface area contributed by atoms with E-state index in [1.807, 2.05) is 0 Å². The zero-order valence-corrected chi connectivity index (χ0v) is 14.9. The van der Waals surface area contributed by atoms with Gasteiger partial charge < -0.3 is 14.6 Å². The maximum atomic E-state index is 13.8. The number of carbonyl (C=O) groups excluding carboxylic acids is 2. The van der Waals surface area contributed by atoms with E-state index in [1.54, 1.807) is 0 Å². The molecule has 3 rings (SSSR count). The summed E-state index contributed by atoms with van der Waals surface area (Å²) in [6.45, 7) is 1.23. The average Bonchev–Trinajstić information content (AvgIpc) is 2.94. The summed E-state index contributed by atoms with van der Waals surface area (Å²) >= 11 is 5.84. The van der Waals surface area contributed by atoms with Gasteiger partial charge in [-0.05, 0) is 24.6 Å². The molecule has 27 heavy (non-hydrogen) atoms. The number of benzene rings is 1. The molecule has 0 amide bonds. The van der Waals surface area contributed by atoms with E-state index in [4.69, 9.17) is 21.1 Å². The molecule has 0 saturated heterocycles. The summed E-state index contributed by atoms with van der Waals surface area (Å²) in [5, 5.41) is 10.8. The number of ether oxygens (including phenoxy) is 2. The van der Waals surface area contributed by atoms with E-state index in [0.29, 0.717) is 5.02 Å². The fourth-order valence-electron chi connectivity index (χ4n) is 3.54. The van der Waals surface area contributed by atoms with Gasteiger partial charge in [-0.2, -0.15) is 13.2 Å². The molecule has 1 N–H and O–H groups in total. The van der Waals surface area contributed by atoms with E-state index < -0.39 is 35.6 Å². The van der Waals surface area contributed by atoms with Crippen molar-refractivity contribution in [3.63, 3.8) is 0 Å². The molecule has 0 bridgehead atoms. The topological polar surface area (TPSA) is 72.8 Å². The third-order valence-electron chi connectivity index (χ3n) is 4.70. The molecule has 1 heterocycles. The van der Waals surface area contributed by atoms with Crippen LogP contribution >= 0.6 is 11.6 Å². The molecule has 0 saturated carbocycles. The molecule has 1 aliphatic carbocycles. The molecule has 0 fully saturated rings. The second-order valence-corrected chi connectivity index (χ2v) is 6.75. The standard InChI is InChI=1S/C18H16ClF3O5/c1-2-26-16(24)15-13(9-3-5-10(19)6-4-9)14-11(23)7-8-12(14)27-17(15,25)18(20,21)22/h3-6,13,15,25H,2,7-8H2,1H3. The molecule has 5 nitrogen and oxygen atoms in total. The summed E-state index contributed by atoms with van der Waals surface area (Å²) in [6.07, 6.45) is -5.43. The lowest BCUT2D eigenvalue weighted by Gasteiger charge is -2.43. The zero-order valence-electron chi connectivity index (χ0n) is 14.2. The Hall–Kier alpha value is -2.06. The minimum Gasteiger partial charge on any atom is -0.466 e. The first kappa shape index (κ1) is 19.7. The summed E-state index contributed by atoms with van der Waals surface area (Å²) in [4.78, 5) is 24.9. The monoisotopic (exact) mass is 404 g/mol. The second kappa shape index (κ2) is 6.83. The Morgan fingerprint density at radius 1 is 1.33 bits per heavy atom. The summed E-state index contributed by atoms with van der Waals surface area (Å²) in [5.41, 5.74) is 0.190. The fourth-order valence-corrected chi connectivity index (χ4v) is 3.67. The predicted octanol–water partition coefficient (Wildman–Crippen LogP) is 3.50. The number of hydrogen-bond acceptors (Lipinski definition) is 5. The van der Waals surface area contributed by atoms with Crippen LogP contribution in [0.25, 0.3) is 0 Å². The van der Waals surface area contributed by atoms with Gasteiger partial charge in [0.05, 0.1) is 6.61 Å². The quantitative estimate of drug-likeness (QED) is 0.781. The highest BCUT2D eigenvalue weighted by atomic mass is 35.5. The van der Waals surface area contributed by atoms with Crippen LogP contribution < -0.4 is 0 Å². The Morgan fingerprint density at radius 3 is 2.52 bits per heavy atom. The number of halogens is 4. The highest BCUT2D eigenvalue weighted by Gasteiger charge is 2.70. The van der Waals surface area contributed by atoms with E-state index in [9.17, 15) is 27.9 Å². The molecule has 1 aromatic rings. The van der Waals surface area contributed by atoms with Crippen molar-refractivity contribution in [2.75, 3.05) is 6.61 Å². The summed E-state index contributed by atoms with van der Waals surface area (Å²) < 4.78 is 51.0. The van der Waals surface area contributed by atoms with E-state index in [-0.39, 0.29) is 36.3 Å². The van der Waals surface area contributed by atoms with Gasteiger partial charge in [-0.15, -0.1) is 0 Å². The first-order valence-electron chi connectivity index (χ1n) is 8.26. The maximum Gasteiger partial charge on any atom is 0.456 e. The molecule has 1 aromatic carbocycles. The van der Waals surface area contributed by atoms with Gasteiger partial charge in [0.25, 0.3) is 0 Å². The number of allylic oxidation sites excluding steroid dienone is 2. The number of esters is 1. The van der Waals surface area contributed by atoms with Crippen LogP contribution in [0.4, 0.5) is 13.2 Å². The Balaban J connectivity index is 2.24. The minimum absolute atomic E-state index is 0.0377. The van der Waals surface area contributed by atoms with E-state index in [0.717, 1.165) is 0 Å². The van der Waals surface area contributed by atoms with Crippen molar-refractivity contribution in [1.82, 2.24) is 0 Å². The average molecular weight is 405 g/mol. The molecule has 0 spiro atoms. The van der Waals surface area contributed by atoms with Crippen molar-refractivity contribution in [3.05, 3.63) is 46.2 Å². The van der Waals surface area contributed by atoms with Gasteiger partial charge in [0.1, 0.15) is 11.7 Å². The van der Waals surface area contributed by atoms with Crippen LogP contribution in [-0.2, 0) is 19.1 Å². The molecule has 2 aliphatic rings. The predicted molar refractivity (Wildman–Crippen MR) is 87.7 cm³/mol. The summed E-state index contributed by atoms with van der Waals surface area (Å²) in [6, 6.07) is 5.69. The highest BCUT2D eigenvalue weighted by Crippen LogP contribution is 2.54. The molecule has 1 aliphatic heterocycles. The molecular formula is C18H16ClF3O5. The van der Waals surface area contributed by atoms with E-state index in [1.165, 1.54) is 31.2 Å². The van der Waals surface area contributed by atoms with Crippen LogP contribution in [0.5, 0.6) is 0 Å². The van der Waals surface area contributed by atoms with Crippen molar-refractivity contribution in [3.8, 4) is 0 Å². The number of ketones is 1. The smallest absolute Gasteiger partial charge is 0.456 e. The van der Waals surface area contributed by atoms with Crippen molar-refractivity contribution >= 4 is 23.4 Å². The SMILES string of the molecule is CCOC(=O)C1C(c2ccc(Cl)cc2)C2=C(CCC2=O)OC1(O)C(F)(F)F. The molecule has 146 valence electrons. The lowest BCUT2D eigenvalue weighted by Crippen LogP contribution is -2.60. The number of alkyl halides is 3. The normalized spacial score (nSPS) is 28.0. The number of rotatable bonds is 3. The van der Waals surface area contributed by atoms with Gasteiger partial charge in [-0.1, -0.05) is 23.7 Å².